The van der Waals surface area contributed by atoms with Crippen LogP contribution in [0.15, 0.2) is 0 Å². The highest BCUT2D eigenvalue weighted by Gasteiger charge is 2.32. The Hall–Kier alpha value is 0.100. The lowest BCUT2D eigenvalue weighted by molar-refractivity contribution is -0.139. The quantitative estimate of drug-likeness (QED) is 0.814. The lowest BCUT2D eigenvalue weighted by Gasteiger charge is -2.32. The normalized spacial score (nSPS) is 30.2. The molecule has 0 aromatic heterocycles. The molecule has 1 nitrogen and oxygen atoms in total. The first-order valence-electron chi connectivity index (χ1n) is 5.33. The molecule has 0 aromatic carbocycles. The van der Waals surface area contributed by atoms with Crippen molar-refractivity contribution in [3.63, 3.8) is 0 Å². The molecule has 0 saturated carbocycles. The van der Waals surface area contributed by atoms with E-state index in [1.165, 1.54) is 0 Å². The SMILES string of the molecule is CC(CC(F)(F)F)NC1CCCSC1C. The van der Waals surface area contributed by atoms with Crippen LogP contribution in [-0.2, 0) is 0 Å². The third-order valence-electron chi connectivity index (χ3n) is 2.64. The van der Waals surface area contributed by atoms with Gasteiger partial charge in [0.25, 0.3) is 0 Å². The van der Waals surface area contributed by atoms with Crippen LogP contribution in [0.4, 0.5) is 13.2 Å². The largest absolute Gasteiger partial charge is 0.390 e. The first-order valence-corrected chi connectivity index (χ1v) is 6.38. The Kier molecular flexibility index (Phi) is 4.77. The molecular formula is C10H18F3NS. The predicted molar refractivity (Wildman–Crippen MR) is 58.2 cm³/mol. The number of alkyl halides is 3. The summed E-state index contributed by atoms with van der Waals surface area (Å²) in [5.74, 6) is 1.13. The number of rotatable bonds is 3. The molecule has 1 fully saturated rings. The van der Waals surface area contributed by atoms with E-state index < -0.39 is 18.6 Å². The van der Waals surface area contributed by atoms with Gasteiger partial charge in [-0.3, -0.25) is 0 Å². The Morgan fingerprint density at radius 2 is 2.13 bits per heavy atom. The zero-order valence-corrected chi connectivity index (χ0v) is 9.92. The van der Waals surface area contributed by atoms with Crippen molar-refractivity contribution >= 4 is 11.8 Å². The van der Waals surface area contributed by atoms with Crippen LogP contribution in [0, 0.1) is 0 Å². The van der Waals surface area contributed by atoms with E-state index >= 15 is 0 Å². The van der Waals surface area contributed by atoms with E-state index in [2.05, 4.69) is 12.2 Å². The van der Waals surface area contributed by atoms with Crippen LogP contribution in [0.25, 0.3) is 0 Å². The standard InChI is InChI=1S/C10H18F3NS/c1-7(6-10(11,12)13)14-9-4-3-5-15-8(9)2/h7-9,14H,3-6H2,1-2H3. The van der Waals surface area contributed by atoms with Gasteiger partial charge < -0.3 is 5.32 Å². The second kappa shape index (κ2) is 5.43. The van der Waals surface area contributed by atoms with Crippen molar-refractivity contribution in [2.24, 2.45) is 0 Å². The third kappa shape index (κ3) is 5.11. The highest BCUT2D eigenvalue weighted by molar-refractivity contribution is 7.99. The molecule has 5 heteroatoms. The van der Waals surface area contributed by atoms with Gasteiger partial charge in [0.05, 0.1) is 6.42 Å². The van der Waals surface area contributed by atoms with Crippen molar-refractivity contribution in [2.45, 2.75) is 56.6 Å². The Morgan fingerprint density at radius 3 is 2.67 bits per heavy atom. The fourth-order valence-electron chi connectivity index (χ4n) is 1.91. The van der Waals surface area contributed by atoms with Crippen molar-refractivity contribution in [1.82, 2.24) is 5.32 Å². The number of hydrogen-bond acceptors (Lipinski definition) is 2. The first-order chi connectivity index (χ1) is 6.88. The predicted octanol–water partition coefficient (Wildman–Crippen LogP) is 3.20. The molecule has 0 aliphatic carbocycles. The van der Waals surface area contributed by atoms with Crippen molar-refractivity contribution < 1.29 is 13.2 Å². The van der Waals surface area contributed by atoms with E-state index in [1.807, 2.05) is 11.8 Å². The summed E-state index contributed by atoms with van der Waals surface area (Å²) in [5.41, 5.74) is 0. The molecule has 0 aromatic rings. The second-order valence-corrected chi connectivity index (χ2v) is 5.70. The molecule has 0 amide bonds. The maximum atomic E-state index is 12.1. The number of hydrogen-bond donors (Lipinski definition) is 1. The molecule has 1 aliphatic rings. The van der Waals surface area contributed by atoms with Crippen LogP contribution in [0.1, 0.15) is 33.1 Å². The van der Waals surface area contributed by atoms with E-state index in [9.17, 15) is 13.2 Å². The average Bonchev–Trinajstić information content (AvgIpc) is 2.05. The van der Waals surface area contributed by atoms with Gasteiger partial charge in [0, 0.05) is 17.3 Å². The lowest BCUT2D eigenvalue weighted by Crippen LogP contribution is -2.45. The minimum Gasteiger partial charge on any atom is -0.310 e. The summed E-state index contributed by atoms with van der Waals surface area (Å²) in [7, 11) is 0. The van der Waals surface area contributed by atoms with E-state index in [0.29, 0.717) is 5.25 Å². The summed E-state index contributed by atoms with van der Waals surface area (Å²) in [6, 6.07) is -0.239. The minimum atomic E-state index is -4.06. The highest BCUT2D eigenvalue weighted by Crippen LogP contribution is 2.27. The molecule has 1 saturated heterocycles. The van der Waals surface area contributed by atoms with Crippen LogP contribution in [0.5, 0.6) is 0 Å². The zero-order valence-electron chi connectivity index (χ0n) is 9.10. The molecule has 0 radical (unpaired) electrons. The fraction of sp³-hybridized carbons (Fsp3) is 1.00. The number of nitrogens with one attached hydrogen (secondary N) is 1. The number of thioether (sulfide) groups is 1. The topological polar surface area (TPSA) is 12.0 Å². The Morgan fingerprint density at radius 1 is 1.47 bits per heavy atom. The molecular weight excluding hydrogens is 223 g/mol. The maximum absolute atomic E-state index is 12.1. The minimum absolute atomic E-state index is 0.237. The number of halogens is 3. The van der Waals surface area contributed by atoms with Crippen molar-refractivity contribution in [3.05, 3.63) is 0 Å². The summed E-state index contributed by atoms with van der Waals surface area (Å²) in [6.45, 7) is 3.70. The average molecular weight is 241 g/mol. The molecule has 90 valence electrons. The van der Waals surface area contributed by atoms with Gasteiger partial charge in [-0.05, 0) is 25.5 Å². The molecule has 15 heavy (non-hydrogen) atoms. The first kappa shape index (κ1) is 13.2. The van der Waals surface area contributed by atoms with Crippen molar-refractivity contribution in [3.8, 4) is 0 Å². The van der Waals surface area contributed by atoms with Gasteiger partial charge in [-0.15, -0.1) is 0 Å². The summed E-state index contributed by atoms with van der Waals surface area (Å²) < 4.78 is 36.3. The van der Waals surface area contributed by atoms with Crippen molar-refractivity contribution in [2.75, 3.05) is 5.75 Å². The summed E-state index contributed by atoms with van der Waals surface area (Å²) >= 11 is 1.84. The van der Waals surface area contributed by atoms with E-state index in [0.717, 1.165) is 18.6 Å². The van der Waals surface area contributed by atoms with Crippen molar-refractivity contribution in [1.29, 1.82) is 0 Å². The van der Waals surface area contributed by atoms with Crippen LogP contribution >= 0.6 is 11.8 Å². The Balaban J connectivity index is 2.33. The lowest BCUT2D eigenvalue weighted by atomic mass is 10.1. The zero-order chi connectivity index (χ0) is 11.5. The summed E-state index contributed by atoms with van der Waals surface area (Å²) in [4.78, 5) is 0. The van der Waals surface area contributed by atoms with Gasteiger partial charge in [-0.2, -0.15) is 24.9 Å². The summed E-state index contributed by atoms with van der Waals surface area (Å²) in [6.07, 6.45) is -2.69. The molecule has 0 bridgehead atoms. The second-order valence-electron chi connectivity index (χ2n) is 4.21. The molecule has 1 rings (SSSR count). The monoisotopic (exact) mass is 241 g/mol. The van der Waals surface area contributed by atoms with Gasteiger partial charge in [0.15, 0.2) is 0 Å². The van der Waals surface area contributed by atoms with Crippen LogP contribution < -0.4 is 5.32 Å². The molecule has 1 N–H and O–H groups in total. The molecule has 3 atom stereocenters. The van der Waals surface area contributed by atoms with Gasteiger partial charge >= 0.3 is 6.18 Å². The fourth-order valence-corrected chi connectivity index (χ4v) is 3.07. The van der Waals surface area contributed by atoms with Crippen LogP contribution in [0.3, 0.4) is 0 Å². The highest BCUT2D eigenvalue weighted by atomic mass is 32.2. The Labute approximate surface area is 93.2 Å². The molecule has 3 unspecified atom stereocenters. The van der Waals surface area contributed by atoms with Gasteiger partial charge in [0.1, 0.15) is 0 Å². The van der Waals surface area contributed by atoms with Gasteiger partial charge in [-0.1, -0.05) is 6.92 Å². The maximum Gasteiger partial charge on any atom is 0.390 e. The molecule has 1 aliphatic heterocycles. The van der Waals surface area contributed by atoms with E-state index in [1.54, 1.807) is 6.92 Å². The van der Waals surface area contributed by atoms with E-state index in [-0.39, 0.29) is 6.04 Å². The summed E-state index contributed by atoms with van der Waals surface area (Å²) in [5, 5.41) is 3.51. The smallest absolute Gasteiger partial charge is 0.310 e. The molecule has 0 spiro atoms. The van der Waals surface area contributed by atoms with Gasteiger partial charge in [-0.25, -0.2) is 0 Å². The van der Waals surface area contributed by atoms with Crippen LogP contribution in [0.2, 0.25) is 0 Å². The molecule has 1 heterocycles. The third-order valence-corrected chi connectivity index (χ3v) is 4.02. The van der Waals surface area contributed by atoms with E-state index in [4.69, 9.17) is 0 Å². The van der Waals surface area contributed by atoms with Gasteiger partial charge in [0.2, 0.25) is 0 Å². The van der Waals surface area contributed by atoms with Crippen LogP contribution in [-0.4, -0.2) is 29.3 Å². The Bertz CT molecular complexity index is 196.